The van der Waals surface area contributed by atoms with Gasteiger partial charge in [0, 0.05) is 5.69 Å². The third-order valence-electron chi connectivity index (χ3n) is 3.43. The minimum atomic E-state index is -4.40. The van der Waals surface area contributed by atoms with E-state index in [1.165, 1.54) is 26.3 Å². The van der Waals surface area contributed by atoms with Crippen LogP contribution in [0, 0.1) is 0 Å². The summed E-state index contributed by atoms with van der Waals surface area (Å²) in [4.78, 5) is 11.4. The van der Waals surface area contributed by atoms with E-state index >= 15 is 0 Å². The summed E-state index contributed by atoms with van der Waals surface area (Å²) in [7, 11) is 2.69. The van der Waals surface area contributed by atoms with Crippen LogP contribution in [0.25, 0.3) is 11.5 Å². The van der Waals surface area contributed by atoms with Crippen molar-refractivity contribution in [1.29, 1.82) is 0 Å². The van der Waals surface area contributed by atoms with Gasteiger partial charge in [-0.25, -0.2) is 4.79 Å². The molecule has 0 bridgehead atoms. The molecule has 3 aromatic rings. The lowest BCUT2D eigenvalue weighted by Gasteiger charge is -2.11. The molecule has 162 valence electrons. The van der Waals surface area contributed by atoms with E-state index in [1.807, 2.05) is 13.8 Å². The highest BCUT2D eigenvalue weighted by atomic mass is 19.4. The number of hydrogen-bond donors (Lipinski definition) is 2. The normalized spacial score (nSPS) is 10.1. The van der Waals surface area contributed by atoms with Gasteiger partial charge in [0.1, 0.15) is 0 Å². The maximum atomic E-state index is 12.6. The maximum absolute atomic E-state index is 12.6. The SMILES string of the molecule is CC.CN.COC(=O)c1nnc(-c2ccccc2Nc2ccc(C(F)(F)F)cc2)o1. The van der Waals surface area contributed by atoms with E-state index in [2.05, 4.69) is 26.0 Å². The van der Waals surface area contributed by atoms with Crippen LogP contribution in [0.5, 0.6) is 0 Å². The Kier molecular flexibility index (Phi) is 9.50. The Balaban J connectivity index is 0.00000106. The van der Waals surface area contributed by atoms with Gasteiger partial charge in [0.2, 0.25) is 0 Å². The summed E-state index contributed by atoms with van der Waals surface area (Å²) in [5, 5.41) is 10.4. The standard InChI is InChI=1S/C17H12F3N3O3.C2H6.CH5N/c1-25-16(24)15-23-22-14(26-15)12-4-2-3-5-13(12)21-11-8-6-10(7-9-11)17(18,19)20;2*1-2/h2-9,21H,1H3;1-2H3;2H2,1H3. The number of halogens is 3. The van der Waals surface area contributed by atoms with E-state index in [0.717, 1.165) is 12.1 Å². The van der Waals surface area contributed by atoms with Gasteiger partial charge in [-0.05, 0) is 43.4 Å². The number of rotatable bonds is 4. The molecule has 3 N–H and O–H groups in total. The average Bonchev–Trinajstić information content (AvgIpc) is 3.26. The van der Waals surface area contributed by atoms with Crippen LogP contribution in [0.1, 0.15) is 30.1 Å². The van der Waals surface area contributed by atoms with Crippen LogP contribution < -0.4 is 11.1 Å². The summed E-state index contributed by atoms with van der Waals surface area (Å²) >= 11 is 0. The molecule has 2 aromatic carbocycles. The number of anilines is 2. The number of aromatic nitrogens is 2. The van der Waals surface area contributed by atoms with Crippen molar-refractivity contribution in [3.05, 3.63) is 60.0 Å². The van der Waals surface area contributed by atoms with Crippen molar-refractivity contribution < 1.29 is 27.1 Å². The number of alkyl halides is 3. The third-order valence-corrected chi connectivity index (χ3v) is 3.43. The smallest absolute Gasteiger partial charge is 0.416 e. The van der Waals surface area contributed by atoms with Crippen LogP contribution in [-0.2, 0) is 10.9 Å². The second-order valence-corrected chi connectivity index (χ2v) is 5.15. The number of esters is 1. The molecule has 1 aromatic heterocycles. The van der Waals surface area contributed by atoms with E-state index in [9.17, 15) is 18.0 Å². The Labute approximate surface area is 172 Å². The highest BCUT2D eigenvalue weighted by Crippen LogP contribution is 2.32. The van der Waals surface area contributed by atoms with Crippen molar-refractivity contribution in [2.75, 3.05) is 19.5 Å². The number of nitrogens with zero attached hydrogens (tertiary/aromatic N) is 2. The Morgan fingerprint density at radius 2 is 1.63 bits per heavy atom. The summed E-state index contributed by atoms with van der Waals surface area (Å²) in [5.74, 6) is -0.996. The van der Waals surface area contributed by atoms with E-state index in [4.69, 9.17) is 4.42 Å². The van der Waals surface area contributed by atoms with Crippen molar-refractivity contribution >= 4 is 17.3 Å². The predicted molar refractivity (Wildman–Crippen MR) is 107 cm³/mol. The fraction of sp³-hybridized carbons (Fsp3) is 0.250. The number of ether oxygens (including phenoxy) is 1. The van der Waals surface area contributed by atoms with Gasteiger partial charge in [-0.3, -0.25) is 0 Å². The molecule has 0 saturated heterocycles. The van der Waals surface area contributed by atoms with Gasteiger partial charge in [0.05, 0.1) is 23.9 Å². The molecule has 10 heteroatoms. The van der Waals surface area contributed by atoms with Crippen LogP contribution in [-0.4, -0.2) is 30.3 Å². The molecule has 0 unspecified atom stereocenters. The molecule has 30 heavy (non-hydrogen) atoms. The van der Waals surface area contributed by atoms with Crippen molar-refractivity contribution in [2.24, 2.45) is 5.73 Å². The second-order valence-electron chi connectivity index (χ2n) is 5.15. The molecule has 0 aliphatic heterocycles. The van der Waals surface area contributed by atoms with Gasteiger partial charge >= 0.3 is 18.0 Å². The molecule has 0 radical (unpaired) electrons. The fourth-order valence-electron chi connectivity index (χ4n) is 2.18. The first-order valence-electron chi connectivity index (χ1n) is 8.91. The molecule has 3 rings (SSSR count). The van der Waals surface area contributed by atoms with E-state index in [1.54, 1.807) is 24.3 Å². The fourth-order valence-corrected chi connectivity index (χ4v) is 2.18. The minimum absolute atomic E-state index is 0.0698. The lowest BCUT2D eigenvalue weighted by Crippen LogP contribution is -2.04. The zero-order chi connectivity index (χ0) is 22.7. The van der Waals surface area contributed by atoms with Gasteiger partial charge in [-0.2, -0.15) is 13.2 Å². The van der Waals surface area contributed by atoms with Gasteiger partial charge in [0.25, 0.3) is 5.89 Å². The van der Waals surface area contributed by atoms with Crippen LogP contribution in [0.2, 0.25) is 0 Å². The van der Waals surface area contributed by atoms with Crippen LogP contribution >= 0.6 is 0 Å². The van der Waals surface area contributed by atoms with Crippen molar-refractivity contribution in [3.8, 4) is 11.5 Å². The molecular formula is C20H23F3N4O3. The first-order valence-corrected chi connectivity index (χ1v) is 8.91. The molecule has 0 aliphatic carbocycles. The van der Waals surface area contributed by atoms with Crippen molar-refractivity contribution in [3.63, 3.8) is 0 Å². The molecular weight excluding hydrogens is 401 g/mol. The zero-order valence-electron chi connectivity index (χ0n) is 16.9. The monoisotopic (exact) mass is 424 g/mol. The number of para-hydroxylation sites is 1. The maximum Gasteiger partial charge on any atom is 0.416 e. The number of hydrogen-bond acceptors (Lipinski definition) is 7. The number of methoxy groups -OCH3 is 1. The molecule has 0 amide bonds. The highest BCUT2D eigenvalue weighted by molar-refractivity contribution is 5.84. The molecule has 7 nitrogen and oxygen atoms in total. The molecule has 0 aliphatic rings. The largest absolute Gasteiger partial charge is 0.462 e. The second kappa shape index (κ2) is 11.6. The number of nitrogens with two attached hydrogens (primary N) is 1. The quantitative estimate of drug-likeness (QED) is 0.575. The Hall–Kier alpha value is -3.40. The van der Waals surface area contributed by atoms with E-state index in [-0.39, 0.29) is 11.8 Å². The first kappa shape index (κ1) is 24.6. The Morgan fingerprint density at radius 1 is 1.03 bits per heavy atom. The lowest BCUT2D eigenvalue weighted by molar-refractivity contribution is -0.137. The summed E-state index contributed by atoms with van der Waals surface area (Å²) < 4.78 is 47.7. The Morgan fingerprint density at radius 3 is 2.20 bits per heavy atom. The molecule has 0 fully saturated rings. The lowest BCUT2D eigenvalue weighted by atomic mass is 10.1. The summed E-state index contributed by atoms with van der Waals surface area (Å²) in [5.41, 5.74) is 5.21. The first-order chi connectivity index (χ1) is 14.4. The zero-order valence-corrected chi connectivity index (χ0v) is 16.9. The molecule has 0 atom stereocenters. The predicted octanol–water partition coefficient (Wildman–Crippen LogP) is 4.89. The van der Waals surface area contributed by atoms with E-state index in [0.29, 0.717) is 16.9 Å². The van der Waals surface area contributed by atoms with Crippen molar-refractivity contribution in [1.82, 2.24) is 10.2 Å². The van der Waals surface area contributed by atoms with Crippen molar-refractivity contribution in [2.45, 2.75) is 20.0 Å². The van der Waals surface area contributed by atoms with Crippen LogP contribution in [0.4, 0.5) is 24.5 Å². The minimum Gasteiger partial charge on any atom is -0.462 e. The van der Waals surface area contributed by atoms with Crippen LogP contribution in [0.3, 0.4) is 0 Å². The molecule has 0 spiro atoms. The molecule has 1 heterocycles. The van der Waals surface area contributed by atoms with Gasteiger partial charge in [-0.1, -0.05) is 26.0 Å². The number of nitrogens with one attached hydrogen (secondary N) is 1. The average molecular weight is 424 g/mol. The topological polar surface area (TPSA) is 103 Å². The summed E-state index contributed by atoms with van der Waals surface area (Å²) in [6, 6.07) is 11.4. The number of carbonyl (C=O) groups excluding carboxylic acids is 1. The van der Waals surface area contributed by atoms with Crippen LogP contribution in [0.15, 0.2) is 52.9 Å². The Bertz CT molecular complexity index is 926. The molecule has 0 saturated carbocycles. The third kappa shape index (κ3) is 6.31. The van der Waals surface area contributed by atoms with Gasteiger partial charge in [-0.15, -0.1) is 10.2 Å². The summed E-state index contributed by atoms with van der Waals surface area (Å²) in [6.45, 7) is 4.00. The van der Waals surface area contributed by atoms with E-state index < -0.39 is 17.7 Å². The number of benzene rings is 2. The number of carbonyl (C=O) groups is 1. The van der Waals surface area contributed by atoms with Gasteiger partial charge in [0.15, 0.2) is 0 Å². The summed E-state index contributed by atoms with van der Waals surface area (Å²) in [6.07, 6.45) is -4.40. The van der Waals surface area contributed by atoms with Gasteiger partial charge < -0.3 is 20.2 Å². The highest BCUT2D eigenvalue weighted by Gasteiger charge is 2.30.